The third-order valence-corrected chi connectivity index (χ3v) is 6.58. The molecule has 1 N–H and O–H groups in total. The first kappa shape index (κ1) is 22.5. The van der Waals surface area contributed by atoms with Gasteiger partial charge in [-0.05, 0) is 48.5 Å². The molecule has 0 unspecified atom stereocenters. The Labute approximate surface area is 189 Å². The van der Waals surface area contributed by atoms with Gasteiger partial charge in [-0.2, -0.15) is 5.10 Å². The summed E-state index contributed by atoms with van der Waals surface area (Å²) in [5, 5.41) is 3.93. The predicted octanol–water partition coefficient (Wildman–Crippen LogP) is 3.80. The normalized spacial score (nSPS) is 11.3. The van der Waals surface area contributed by atoms with Crippen LogP contribution in [-0.2, 0) is 14.8 Å². The van der Waals surface area contributed by atoms with E-state index in [2.05, 4.69) is 26.5 Å². The van der Waals surface area contributed by atoms with Crippen molar-refractivity contribution in [2.24, 2.45) is 5.10 Å². The minimum Gasteiger partial charge on any atom is -0.496 e. The standard InChI is InChI=1S/C22H20BrN3O4S/c1-30-21-10-6-5-7-17(21)15-24-25-22(27)16-26(19-13-11-18(23)12-14-19)31(28,29)20-8-3-2-4-9-20/h2-15H,16H2,1H3,(H,25,27)/b24-15+. The number of methoxy groups -OCH3 is 1. The molecule has 0 radical (unpaired) electrons. The number of hydrogen-bond acceptors (Lipinski definition) is 5. The van der Waals surface area contributed by atoms with E-state index in [-0.39, 0.29) is 4.90 Å². The Hall–Kier alpha value is -3.17. The average Bonchev–Trinajstić information content (AvgIpc) is 2.79. The van der Waals surface area contributed by atoms with E-state index >= 15 is 0 Å². The second-order valence-electron chi connectivity index (χ2n) is 6.34. The third-order valence-electron chi connectivity index (χ3n) is 4.26. The van der Waals surface area contributed by atoms with Gasteiger partial charge in [0.1, 0.15) is 12.3 Å². The first-order valence-electron chi connectivity index (χ1n) is 9.20. The molecule has 0 heterocycles. The molecule has 0 saturated carbocycles. The maximum absolute atomic E-state index is 13.2. The molecule has 3 rings (SSSR count). The Balaban J connectivity index is 1.82. The number of carbonyl (C=O) groups excluding carboxylic acids is 1. The lowest BCUT2D eigenvalue weighted by Crippen LogP contribution is -2.39. The Bertz CT molecular complexity index is 1170. The monoisotopic (exact) mass is 501 g/mol. The Kier molecular flexibility index (Phi) is 7.43. The lowest BCUT2D eigenvalue weighted by atomic mass is 10.2. The van der Waals surface area contributed by atoms with Gasteiger partial charge in [-0.1, -0.05) is 46.3 Å². The molecule has 160 valence electrons. The minimum absolute atomic E-state index is 0.0863. The lowest BCUT2D eigenvalue weighted by molar-refractivity contribution is -0.119. The smallest absolute Gasteiger partial charge is 0.264 e. The summed E-state index contributed by atoms with van der Waals surface area (Å²) in [7, 11) is -2.43. The van der Waals surface area contributed by atoms with Gasteiger partial charge >= 0.3 is 0 Å². The minimum atomic E-state index is -3.96. The van der Waals surface area contributed by atoms with Crippen LogP contribution >= 0.6 is 15.9 Å². The number of anilines is 1. The number of nitrogens with zero attached hydrogens (tertiary/aromatic N) is 2. The van der Waals surface area contributed by atoms with Crippen molar-refractivity contribution in [1.82, 2.24) is 5.43 Å². The van der Waals surface area contributed by atoms with Gasteiger partial charge in [-0.3, -0.25) is 9.10 Å². The molecule has 9 heteroatoms. The molecule has 0 aromatic heterocycles. The van der Waals surface area contributed by atoms with Gasteiger partial charge in [0.25, 0.3) is 15.9 Å². The van der Waals surface area contributed by atoms with Crippen molar-refractivity contribution < 1.29 is 17.9 Å². The zero-order valence-corrected chi connectivity index (χ0v) is 19.0. The number of rotatable bonds is 8. The van der Waals surface area contributed by atoms with Crippen molar-refractivity contribution in [2.75, 3.05) is 18.0 Å². The highest BCUT2D eigenvalue weighted by Gasteiger charge is 2.27. The van der Waals surface area contributed by atoms with E-state index in [0.717, 1.165) is 8.78 Å². The highest BCUT2D eigenvalue weighted by molar-refractivity contribution is 9.10. The third kappa shape index (κ3) is 5.71. The van der Waals surface area contributed by atoms with E-state index in [1.165, 1.54) is 25.5 Å². The number of sulfonamides is 1. The maximum Gasteiger partial charge on any atom is 0.264 e. The van der Waals surface area contributed by atoms with E-state index in [1.54, 1.807) is 54.6 Å². The van der Waals surface area contributed by atoms with Crippen molar-refractivity contribution >= 4 is 43.8 Å². The van der Waals surface area contributed by atoms with Crippen LogP contribution in [0.4, 0.5) is 5.69 Å². The molecular weight excluding hydrogens is 482 g/mol. The molecule has 0 aliphatic carbocycles. The highest BCUT2D eigenvalue weighted by Crippen LogP contribution is 2.25. The topological polar surface area (TPSA) is 88.1 Å². The number of amides is 1. The molecule has 0 aliphatic heterocycles. The Morgan fingerprint density at radius 1 is 1.03 bits per heavy atom. The zero-order valence-electron chi connectivity index (χ0n) is 16.6. The molecule has 3 aromatic carbocycles. The van der Waals surface area contributed by atoms with Gasteiger partial charge in [-0.25, -0.2) is 13.8 Å². The number of ether oxygens (including phenoxy) is 1. The summed E-state index contributed by atoms with van der Waals surface area (Å²) in [6, 6.07) is 21.8. The van der Waals surface area contributed by atoms with E-state index in [0.29, 0.717) is 17.0 Å². The maximum atomic E-state index is 13.2. The van der Waals surface area contributed by atoms with Gasteiger partial charge in [0.05, 0.1) is 23.9 Å². The Morgan fingerprint density at radius 2 is 1.68 bits per heavy atom. The van der Waals surface area contributed by atoms with Crippen molar-refractivity contribution in [2.45, 2.75) is 4.90 Å². The van der Waals surface area contributed by atoms with Gasteiger partial charge in [0.2, 0.25) is 0 Å². The lowest BCUT2D eigenvalue weighted by Gasteiger charge is -2.23. The quantitative estimate of drug-likeness (QED) is 0.375. The summed E-state index contributed by atoms with van der Waals surface area (Å²) < 4.78 is 33.5. The fraction of sp³-hybridized carbons (Fsp3) is 0.0909. The van der Waals surface area contributed by atoms with Crippen LogP contribution in [0.5, 0.6) is 5.75 Å². The average molecular weight is 502 g/mol. The molecule has 3 aromatic rings. The molecule has 1 amide bonds. The molecular formula is C22H20BrN3O4S. The molecule has 7 nitrogen and oxygen atoms in total. The van der Waals surface area contributed by atoms with Crippen LogP contribution < -0.4 is 14.5 Å². The van der Waals surface area contributed by atoms with Crippen molar-refractivity contribution in [3.63, 3.8) is 0 Å². The first-order chi connectivity index (χ1) is 14.9. The molecule has 0 fully saturated rings. The van der Waals surface area contributed by atoms with Crippen LogP contribution in [0.2, 0.25) is 0 Å². The van der Waals surface area contributed by atoms with E-state index in [4.69, 9.17) is 4.74 Å². The van der Waals surface area contributed by atoms with Crippen molar-refractivity contribution in [1.29, 1.82) is 0 Å². The number of nitrogens with one attached hydrogen (secondary N) is 1. The van der Waals surface area contributed by atoms with Gasteiger partial charge in [-0.15, -0.1) is 0 Å². The number of para-hydroxylation sites is 1. The summed E-state index contributed by atoms with van der Waals surface area (Å²) in [5.74, 6) is 0.0113. The van der Waals surface area contributed by atoms with Crippen LogP contribution in [0.15, 0.2) is 93.3 Å². The summed E-state index contributed by atoms with van der Waals surface area (Å²) in [4.78, 5) is 12.6. The van der Waals surface area contributed by atoms with Gasteiger partial charge in [0, 0.05) is 10.0 Å². The first-order valence-corrected chi connectivity index (χ1v) is 11.4. The number of halogens is 1. The van der Waals surface area contributed by atoms with Crippen molar-refractivity contribution in [3.8, 4) is 5.75 Å². The second kappa shape index (κ2) is 10.2. The van der Waals surface area contributed by atoms with E-state index in [9.17, 15) is 13.2 Å². The molecule has 0 spiro atoms. The summed E-state index contributed by atoms with van der Waals surface area (Å²) in [6.07, 6.45) is 1.44. The van der Waals surface area contributed by atoms with Gasteiger partial charge < -0.3 is 4.74 Å². The second-order valence-corrected chi connectivity index (χ2v) is 9.11. The zero-order chi connectivity index (χ0) is 22.3. The fourth-order valence-electron chi connectivity index (χ4n) is 2.75. The van der Waals surface area contributed by atoms with Crippen LogP contribution in [0.25, 0.3) is 0 Å². The van der Waals surface area contributed by atoms with Crippen LogP contribution in [0.3, 0.4) is 0 Å². The van der Waals surface area contributed by atoms with Gasteiger partial charge in [0.15, 0.2) is 0 Å². The molecule has 0 bridgehead atoms. The van der Waals surface area contributed by atoms with E-state index < -0.39 is 22.5 Å². The van der Waals surface area contributed by atoms with Crippen LogP contribution in [0, 0.1) is 0 Å². The van der Waals surface area contributed by atoms with E-state index in [1.807, 2.05) is 12.1 Å². The number of carbonyl (C=O) groups is 1. The molecule has 0 saturated heterocycles. The summed E-state index contributed by atoms with van der Waals surface area (Å²) in [5.41, 5.74) is 3.41. The Morgan fingerprint density at radius 3 is 2.35 bits per heavy atom. The molecule has 0 aliphatic rings. The van der Waals surface area contributed by atoms with Crippen molar-refractivity contribution in [3.05, 3.63) is 88.9 Å². The number of hydrazone groups is 1. The number of hydrogen-bond donors (Lipinski definition) is 1. The SMILES string of the molecule is COc1ccccc1/C=N/NC(=O)CN(c1ccc(Br)cc1)S(=O)(=O)c1ccccc1. The predicted molar refractivity (Wildman–Crippen MR) is 124 cm³/mol. The van der Waals surface area contributed by atoms with Crippen LogP contribution in [-0.4, -0.2) is 34.2 Å². The highest BCUT2D eigenvalue weighted by atomic mass is 79.9. The number of benzene rings is 3. The molecule has 0 atom stereocenters. The fourth-order valence-corrected chi connectivity index (χ4v) is 4.46. The summed E-state index contributed by atoms with van der Waals surface area (Å²) >= 11 is 3.33. The summed E-state index contributed by atoms with van der Waals surface area (Å²) in [6.45, 7) is -0.442. The molecule has 31 heavy (non-hydrogen) atoms. The van der Waals surface area contributed by atoms with Crippen LogP contribution in [0.1, 0.15) is 5.56 Å². The largest absolute Gasteiger partial charge is 0.496 e.